The zero-order valence-corrected chi connectivity index (χ0v) is 11.8. The molecule has 1 rings (SSSR count). The van der Waals surface area contributed by atoms with Gasteiger partial charge in [0.1, 0.15) is 0 Å². The molecule has 0 aromatic heterocycles. The van der Waals surface area contributed by atoms with Crippen LogP contribution in [0.3, 0.4) is 0 Å². The third kappa shape index (κ3) is 5.56. The lowest BCUT2D eigenvalue weighted by Gasteiger charge is -2.15. The van der Waals surface area contributed by atoms with Crippen LogP contribution in [0, 0.1) is 5.92 Å². The molecule has 0 aliphatic carbocycles. The SMILES string of the molecule is CCCCC(CC)CNCc1ccccc1Cl. The summed E-state index contributed by atoms with van der Waals surface area (Å²) >= 11 is 6.12. The van der Waals surface area contributed by atoms with Gasteiger partial charge in [0.15, 0.2) is 0 Å². The van der Waals surface area contributed by atoms with Crippen LogP contribution in [-0.2, 0) is 6.54 Å². The Kier molecular flexibility index (Phi) is 7.30. The van der Waals surface area contributed by atoms with Gasteiger partial charge in [-0.1, -0.05) is 62.9 Å². The van der Waals surface area contributed by atoms with Crippen LogP contribution in [0.25, 0.3) is 0 Å². The largest absolute Gasteiger partial charge is 0.312 e. The predicted octanol–water partition coefficient (Wildman–Crippen LogP) is 4.65. The van der Waals surface area contributed by atoms with Gasteiger partial charge in [0.2, 0.25) is 0 Å². The van der Waals surface area contributed by atoms with Crippen LogP contribution in [0.4, 0.5) is 0 Å². The van der Waals surface area contributed by atoms with Crippen molar-refractivity contribution in [1.29, 1.82) is 0 Å². The van der Waals surface area contributed by atoms with E-state index in [9.17, 15) is 0 Å². The molecule has 0 bridgehead atoms. The van der Waals surface area contributed by atoms with E-state index in [1.165, 1.54) is 31.2 Å². The van der Waals surface area contributed by atoms with E-state index in [2.05, 4.69) is 25.2 Å². The van der Waals surface area contributed by atoms with Gasteiger partial charge in [-0.2, -0.15) is 0 Å². The first-order valence-corrected chi connectivity index (χ1v) is 7.09. The first-order chi connectivity index (χ1) is 8.27. The molecule has 0 fully saturated rings. The summed E-state index contributed by atoms with van der Waals surface area (Å²) < 4.78 is 0. The van der Waals surface area contributed by atoms with Crippen molar-refractivity contribution in [3.63, 3.8) is 0 Å². The summed E-state index contributed by atoms with van der Waals surface area (Å²) in [4.78, 5) is 0. The fourth-order valence-electron chi connectivity index (χ4n) is 2.00. The molecule has 1 aromatic carbocycles. The Bertz CT molecular complexity index is 312. The molecular weight excluding hydrogens is 230 g/mol. The number of hydrogen-bond donors (Lipinski definition) is 1. The van der Waals surface area contributed by atoms with Crippen molar-refractivity contribution in [2.75, 3.05) is 6.54 Å². The van der Waals surface area contributed by atoms with Gasteiger partial charge in [-0.15, -0.1) is 0 Å². The molecule has 0 radical (unpaired) electrons. The summed E-state index contributed by atoms with van der Waals surface area (Å²) in [6.45, 7) is 6.51. The van der Waals surface area contributed by atoms with E-state index < -0.39 is 0 Å². The van der Waals surface area contributed by atoms with Gasteiger partial charge in [-0.3, -0.25) is 0 Å². The summed E-state index contributed by atoms with van der Waals surface area (Å²) in [7, 11) is 0. The van der Waals surface area contributed by atoms with Gasteiger partial charge in [-0.05, 0) is 30.5 Å². The van der Waals surface area contributed by atoms with Crippen molar-refractivity contribution in [1.82, 2.24) is 5.32 Å². The Labute approximate surface area is 111 Å². The molecule has 0 heterocycles. The zero-order chi connectivity index (χ0) is 12.5. The number of rotatable bonds is 8. The van der Waals surface area contributed by atoms with E-state index >= 15 is 0 Å². The molecule has 2 heteroatoms. The van der Waals surface area contributed by atoms with Crippen LogP contribution in [0.5, 0.6) is 0 Å². The lowest BCUT2D eigenvalue weighted by atomic mass is 9.99. The minimum absolute atomic E-state index is 0.803. The van der Waals surface area contributed by atoms with Gasteiger partial charge in [0.05, 0.1) is 0 Å². The predicted molar refractivity (Wildman–Crippen MR) is 76.5 cm³/mol. The highest BCUT2D eigenvalue weighted by molar-refractivity contribution is 6.31. The first kappa shape index (κ1) is 14.5. The van der Waals surface area contributed by atoms with Crippen molar-refractivity contribution < 1.29 is 0 Å². The van der Waals surface area contributed by atoms with E-state index in [0.29, 0.717) is 0 Å². The standard InChI is InChI=1S/C15H24ClN/c1-3-5-8-13(4-2)11-17-12-14-9-6-7-10-15(14)16/h6-7,9-10,13,17H,3-5,8,11-12H2,1-2H3. The van der Waals surface area contributed by atoms with E-state index in [-0.39, 0.29) is 0 Å². The smallest absolute Gasteiger partial charge is 0.0450 e. The molecule has 1 aromatic rings. The molecule has 1 nitrogen and oxygen atoms in total. The van der Waals surface area contributed by atoms with Gasteiger partial charge in [-0.25, -0.2) is 0 Å². The Morgan fingerprint density at radius 3 is 2.65 bits per heavy atom. The number of hydrogen-bond acceptors (Lipinski definition) is 1. The van der Waals surface area contributed by atoms with Crippen molar-refractivity contribution in [2.24, 2.45) is 5.92 Å². The molecule has 0 amide bonds. The number of halogens is 1. The Morgan fingerprint density at radius 1 is 1.24 bits per heavy atom. The highest BCUT2D eigenvalue weighted by atomic mass is 35.5. The van der Waals surface area contributed by atoms with Gasteiger partial charge < -0.3 is 5.32 Å². The molecule has 0 aliphatic rings. The van der Waals surface area contributed by atoms with Gasteiger partial charge in [0, 0.05) is 11.6 Å². The molecule has 0 saturated heterocycles. The molecule has 1 unspecified atom stereocenters. The van der Waals surface area contributed by atoms with Crippen LogP contribution in [0.2, 0.25) is 5.02 Å². The van der Waals surface area contributed by atoms with Crippen molar-refractivity contribution in [3.05, 3.63) is 34.9 Å². The lowest BCUT2D eigenvalue weighted by molar-refractivity contribution is 0.419. The van der Waals surface area contributed by atoms with Gasteiger partial charge >= 0.3 is 0 Å². The third-order valence-electron chi connectivity index (χ3n) is 3.25. The summed E-state index contributed by atoms with van der Waals surface area (Å²) in [5.74, 6) is 0.803. The van der Waals surface area contributed by atoms with Crippen LogP contribution in [0.1, 0.15) is 45.1 Å². The summed E-state index contributed by atoms with van der Waals surface area (Å²) in [6, 6.07) is 8.05. The maximum atomic E-state index is 6.12. The first-order valence-electron chi connectivity index (χ1n) is 6.72. The topological polar surface area (TPSA) is 12.0 Å². The van der Waals surface area contributed by atoms with Crippen molar-refractivity contribution >= 4 is 11.6 Å². The second-order valence-corrected chi connectivity index (χ2v) is 5.05. The number of nitrogens with one attached hydrogen (secondary N) is 1. The fourth-order valence-corrected chi connectivity index (χ4v) is 2.20. The van der Waals surface area contributed by atoms with Crippen LogP contribution >= 0.6 is 11.6 Å². The Balaban J connectivity index is 2.28. The van der Waals surface area contributed by atoms with Crippen LogP contribution in [-0.4, -0.2) is 6.54 Å². The normalized spacial score (nSPS) is 12.6. The quantitative estimate of drug-likeness (QED) is 0.711. The highest BCUT2D eigenvalue weighted by Gasteiger charge is 2.05. The van der Waals surface area contributed by atoms with Crippen molar-refractivity contribution in [3.8, 4) is 0 Å². The highest BCUT2D eigenvalue weighted by Crippen LogP contribution is 2.15. The zero-order valence-electron chi connectivity index (χ0n) is 11.0. The summed E-state index contributed by atoms with van der Waals surface area (Å²) in [5.41, 5.74) is 1.19. The molecule has 0 saturated carbocycles. The minimum Gasteiger partial charge on any atom is -0.312 e. The minimum atomic E-state index is 0.803. The summed E-state index contributed by atoms with van der Waals surface area (Å²) in [6.07, 6.45) is 5.23. The Morgan fingerprint density at radius 2 is 2.00 bits per heavy atom. The fraction of sp³-hybridized carbons (Fsp3) is 0.600. The van der Waals surface area contributed by atoms with E-state index in [0.717, 1.165) is 24.0 Å². The third-order valence-corrected chi connectivity index (χ3v) is 3.62. The summed E-state index contributed by atoms with van der Waals surface area (Å²) in [5, 5.41) is 4.38. The van der Waals surface area contributed by atoms with Crippen molar-refractivity contribution in [2.45, 2.75) is 46.1 Å². The average molecular weight is 254 g/mol. The molecular formula is C15H24ClN. The second kappa shape index (κ2) is 8.54. The van der Waals surface area contributed by atoms with Crippen LogP contribution in [0.15, 0.2) is 24.3 Å². The van der Waals surface area contributed by atoms with Gasteiger partial charge in [0.25, 0.3) is 0 Å². The maximum absolute atomic E-state index is 6.12. The maximum Gasteiger partial charge on any atom is 0.0450 e. The monoisotopic (exact) mass is 253 g/mol. The molecule has 17 heavy (non-hydrogen) atoms. The Hall–Kier alpha value is -0.530. The van der Waals surface area contributed by atoms with E-state index in [1.807, 2.05) is 18.2 Å². The van der Waals surface area contributed by atoms with Crippen LogP contribution < -0.4 is 5.32 Å². The second-order valence-electron chi connectivity index (χ2n) is 4.64. The molecule has 0 spiro atoms. The lowest BCUT2D eigenvalue weighted by Crippen LogP contribution is -2.22. The molecule has 1 atom stereocenters. The van der Waals surface area contributed by atoms with E-state index in [4.69, 9.17) is 11.6 Å². The molecule has 96 valence electrons. The molecule has 1 N–H and O–H groups in total. The van der Waals surface area contributed by atoms with E-state index in [1.54, 1.807) is 0 Å². The molecule has 0 aliphatic heterocycles. The average Bonchev–Trinajstić information content (AvgIpc) is 2.35. The number of benzene rings is 1. The number of unbranched alkanes of at least 4 members (excludes halogenated alkanes) is 1.